The van der Waals surface area contributed by atoms with E-state index in [1.54, 1.807) is 47.5 Å². The molecule has 0 radical (unpaired) electrons. The number of fused-ring (bicyclic) bond motifs is 4. The molecule has 6 rings (SSSR count). The number of rotatable bonds is 5. The van der Waals surface area contributed by atoms with E-state index in [1.807, 2.05) is 31.4 Å². The van der Waals surface area contributed by atoms with Crippen LogP contribution in [0.2, 0.25) is 10.0 Å². The van der Waals surface area contributed by atoms with Crippen LogP contribution in [-0.4, -0.2) is 40.6 Å². The zero-order valence-electron chi connectivity index (χ0n) is 22.4. The summed E-state index contributed by atoms with van der Waals surface area (Å²) in [5, 5.41) is 3.90. The van der Waals surface area contributed by atoms with Crippen molar-refractivity contribution in [1.29, 1.82) is 0 Å². The van der Waals surface area contributed by atoms with E-state index in [9.17, 15) is 9.59 Å². The first kappa shape index (κ1) is 26.2. The molecule has 2 aliphatic rings. The lowest BCUT2D eigenvalue weighted by Gasteiger charge is -2.37. The highest BCUT2D eigenvalue weighted by molar-refractivity contribution is 6.32. The Hall–Kier alpha value is -4.08. The van der Waals surface area contributed by atoms with Gasteiger partial charge in [-0.25, -0.2) is 4.98 Å². The van der Waals surface area contributed by atoms with Gasteiger partial charge in [0.2, 0.25) is 5.88 Å². The molecular weight excluding hydrogens is 553 g/mol. The summed E-state index contributed by atoms with van der Waals surface area (Å²) in [6, 6.07) is 12.2. The quantitative estimate of drug-likeness (QED) is 0.311. The second-order valence-corrected chi connectivity index (χ2v) is 10.8. The molecule has 9 nitrogen and oxygen atoms in total. The highest BCUT2D eigenvalue weighted by Gasteiger charge is 2.63. The van der Waals surface area contributed by atoms with Gasteiger partial charge in [0.25, 0.3) is 11.8 Å². The molecule has 204 valence electrons. The number of benzene rings is 2. The van der Waals surface area contributed by atoms with E-state index in [0.717, 1.165) is 5.56 Å². The number of carbonyl (C=O) groups excluding carboxylic acids is 2. The maximum atomic E-state index is 14.5. The van der Waals surface area contributed by atoms with Crippen LogP contribution in [0.5, 0.6) is 11.9 Å². The zero-order chi connectivity index (χ0) is 28.5. The summed E-state index contributed by atoms with van der Waals surface area (Å²) in [6.45, 7) is 5.86. The summed E-state index contributed by atoms with van der Waals surface area (Å²) >= 11 is 12.8. The van der Waals surface area contributed by atoms with Crippen molar-refractivity contribution in [3.63, 3.8) is 0 Å². The van der Waals surface area contributed by atoms with Gasteiger partial charge in [0.1, 0.15) is 0 Å². The van der Waals surface area contributed by atoms with Gasteiger partial charge in [-0.1, -0.05) is 35.3 Å². The fourth-order valence-electron chi connectivity index (χ4n) is 5.80. The predicted molar refractivity (Wildman–Crippen MR) is 153 cm³/mol. The summed E-state index contributed by atoms with van der Waals surface area (Å²) in [6.07, 6.45) is 1.59. The lowest BCUT2D eigenvalue weighted by molar-refractivity contribution is -0.119. The molecule has 0 saturated carbocycles. The fraction of sp³-hybridized carbons (Fsp3) is 0.241. The summed E-state index contributed by atoms with van der Waals surface area (Å²) in [5.41, 5.74) is 3.01. The van der Waals surface area contributed by atoms with Crippen LogP contribution >= 0.6 is 23.2 Å². The van der Waals surface area contributed by atoms with Crippen LogP contribution in [0.15, 0.2) is 48.7 Å². The van der Waals surface area contributed by atoms with Crippen LogP contribution in [0.4, 0.5) is 11.4 Å². The minimum atomic E-state index is -1.54. The van der Waals surface area contributed by atoms with Crippen molar-refractivity contribution in [2.75, 3.05) is 24.4 Å². The van der Waals surface area contributed by atoms with Gasteiger partial charge in [0, 0.05) is 33.5 Å². The largest absolute Gasteiger partial charge is 0.480 e. The van der Waals surface area contributed by atoms with Crippen molar-refractivity contribution in [3.8, 4) is 23.1 Å². The number of nitrogens with one attached hydrogen (secondary N) is 1. The molecule has 0 bridgehead atoms. The number of carbonyl (C=O) groups is 2. The van der Waals surface area contributed by atoms with Crippen molar-refractivity contribution in [1.82, 2.24) is 14.5 Å². The molecule has 1 atom stereocenters. The third-order valence-electron chi connectivity index (χ3n) is 7.41. The van der Waals surface area contributed by atoms with Crippen LogP contribution in [0.25, 0.3) is 11.3 Å². The Labute approximate surface area is 240 Å². The van der Waals surface area contributed by atoms with Gasteiger partial charge >= 0.3 is 6.01 Å². The molecule has 40 heavy (non-hydrogen) atoms. The summed E-state index contributed by atoms with van der Waals surface area (Å²) in [7, 11) is 2.97. The molecule has 1 unspecified atom stereocenters. The van der Waals surface area contributed by atoms with Crippen molar-refractivity contribution >= 4 is 46.4 Å². The number of aromatic nitrogens is 3. The molecule has 2 aromatic carbocycles. The molecule has 0 saturated heterocycles. The highest BCUT2D eigenvalue weighted by atomic mass is 35.5. The number of anilines is 2. The van der Waals surface area contributed by atoms with E-state index in [1.165, 1.54) is 14.2 Å². The van der Waals surface area contributed by atoms with Crippen LogP contribution in [0, 0.1) is 6.92 Å². The van der Waals surface area contributed by atoms with Gasteiger partial charge in [-0.05, 0) is 56.7 Å². The molecule has 1 N–H and O–H groups in total. The van der Waals surface area contributed by atoms with Crippen molar-refractivity contribution in [2.45, 2.75) is 32.4 Å². The standard InChI is InChI=1S/C29H25Cl2N5O4/c1-14(2)35-23(19-13-32-28(40-5)34-25(19)39-4)12-18-24(35)29(20-9-8-16(30)10-21(20)33-27(29)38)36(26(18)37)22-11-17(31)7-6-15(22)3/h6-14H,1-5H3,(H,33,38). The number of amides is 2. The van der Waals surface area contributed by atoms with E-state index in [4.69, 9.17) is 32.7 Å². The Balaban J connectivity index is 1.73. The average molecular weight is 578 g/mol. The number of methoxy groups -OCH3 is 2. The van der Waals surface area contributed by atoms with Gasteiger partial charge < -0.3 is 19.4 Å². The smallest absolute Gasteiger partial charge is 0.319 e. The molecular formula is C29H25Cl2N5O4. The summed E-state index contributed by atoms with van der Waals surface area (Å²) in [4.78, 5) is 39.0. The molecule has 2 amide bonds. The Kier molecular flexibility index (Phi) is 6.05. The molecule has 2 aromatic heterocycles. The molecule has 4 heterocycles. The minimum Gasteiger partial charge on any atom is -0.480 e. The Bertz CT molecular complexity index is 1730. The molecule has 1 spiro atoms. The van der Waals surface area contributed by atoms with Crippen molar-refractivity contribution < 1.29 is 19.1 Å². The topological polar surface area (TPSA) is 98.6 Å². The third-order valence-corrected chi connectivity index (χ3v) is 7.88. The van der Waals surface area contributed by atoms with Gasteiger partial charge in [-0.2, -0.15) is 4.98 Å². The van der Waals surface area contributed by atoms with E-state index < -0.39 is 5.54 Å². The van der Waals surface area contributed by atoms with Crippen LogP contribution in [-0.2, 0) is 10.3 Å². The lowest BCUT2D eigenvalue weighted by atomic mass is 9.86. The van der Waals surface area contributed by atoms with Gasteiger partial charge in [-0.15, -0.1) is 0 Å². The number of aryl methyl sites for hydroxylation is 1. The van der Waals surface area contributed by atoms with E-state index >= 15 is 0 Å². The molecule has 0 fully saturated rings. The Morgan fingerprint density at radius 1 is 0.975 bits per heavy atom. The van der Waals surface area contributed by atoms with Crippen LogP contribution in [0.1, 0.15) is 47.1 Å². The second-order valence-electron chi connectivity index (χ2n) is 9.96. The van der Waals surface area contributed by atoms with Gasteiger partial charge in [0.15, 0.2) is 5.54 Å². The summed E-state index contributed by atoms with van der Waals surface area (Å²) in [5.74, 6) is -0.440. The molecule has 11 heteroatoms. The number of hydrogen-bond acceptors (Lipinski definition) is 6. The Morgan fingerprint density at radius 3 is 2.40 bits per heavy atom. The first-order chi connectivity index (χ1) is 19.1. The second kappa shape index (κ2) is 9.25. The average Bonchev–Trinajstić information content (AvgIpc) is 3.53. The van der Waals surface area contributed by atoms with E-state index in [0.29, 0.717) is 49.5 Å². The SMILES string of the molecule is COc1ncc(-c2cc3c(n2C(C)C)C2(C(=O)Nc4cc(Cl)ccc42)N(c2cc(Cl)ccc2C)C3=O)c(OC)n1. The van der Waals surface area contributed by atoms with Gasteiger partial charge in [-0.3, -0.25) is 14.5 Å². The van der Waals surface area contributed by atoms with Crippen LogP contribution in [0.3, 0.4) is 0 Å². The number of halogens is 2. The predicted octanol–water partition coefficient (Wildman–Crippen LogP) is 6.01. The number of ether oxygens (including phenoxy) is 2. The van der Waals surface area contributed by atoms with Crippen molar-refractivity contribution in [3.05, 3.63) is 81.1 Å². The molecule has 0 aliphatic carbocycles. The van der Waals surface area contributed by atoms with Crippen molar-refractivity contribution in [2.24, 2.45) is 0 Å². The summed E-state index contributed by atoms with van der Waals surface area (Å²) < 4.78 is 12.7. The minimum absolute atomic E-state index is 0.145. The lowest BCUT2D eigenvalue weighted by Crippen LogP contribution is -2.51. The normalized spacial score (nSPS) is 17.4. The highest BCUT2D eigenvalue weighted by Crippen LogP contribution is 2.56. The van der Waals surface area contributed by atoms with Gasteiger partial charge in [0.05, 0.1) is 42.4 Å². The first-order valence-electron chi connectivity index (χ1n) is 12.6. The molecule has 4 aromatic rings. The third kappa shape index (κ3) is 3.47. The maximum absolute atomic E-state index is 14.5. The fourth-order valence-corrected chi connectivity index (χ4v) is 6.14. The maximum Gasteiger partial charge on any atom is 0.319 e. The Morgan fingerprint density at radius 2 is 1.70 bits per heavy atom. The number of hydrogen-bond donors (Lipinski definition) is 1. The van der Waals surface area contributed by atoms with E-state index in [-0.39, 0.29) is 29.7 Å². The number of nitrogens with zero attached hydrogens (tertiary/aromatic N) is 4. The van der Waals surface area contributed by atoms with E-state index in [2.05, 4.69) is 15.3 Å². The monoisotopic (exact) mass is 577 g/mol. The molecule has 2 aliphatic heterocycles. The zero-order valence-corrected chi connectivity index (χ0v) is 23.9. The van der Waals surface area contributed by atoms with Crippen LogP contribution < -0.4 is 19.7 Å². The first-order valence-corrected chi connectivity index (χ1v) is 13.3.